The number of carbonyl (C=O) groups is 1. The number of fused-ring (bicyclic) bond motifs is 1. The molecule has 0 saturated heterocycles. The number of anilines is 1. The van der Waals surface area contributed by atoms with Crippen molar-refractivity contribution in [2.75, 3.05) is 5.32 Å². The molecule has 3 rings (SSSR count). The summed E-state index contributed by atoms with van der Waals surface area (Å²) in [5.41, 5.74) is 2.67. The minimum Gasteiger partial charge on any atom is -0.309 e. The molecular formula is C17H18ClN3O. The lowest BCUT2D eigenvalue weighted by Crippen LogP contribution is -2.39. The number of hydrogen-bond donors (Lipinski definition) is 2. The molecule has 1 aliphatic rings. The number of carbonyl (C=O) groups excluding carboxylic acids is 1. The second kappa shape index (κ2) is 6.46. The molecule has 5 heteroatoms. The van der Waals surface area contributed by atoms with Gasteiger partial charge in [-0.25, -0.2) is 4.98 Å². The Kier molecular flexibility index (Phi) is 4.41. The summed E-state index contributed by atoms with van der Waals surface area (Å²) in [5, 5.41) is 6.74. The molecule has 22 heavy (non-hydrogen) atoms. The number of aryl methyl sites for hydroxylation is 1. The fourth-order valence-corrected chi connectivity index (χ4v) is 2.90. The molecule has 1 aromatic heterocycles. The molecule has 0 unspecified atom stereocenters. The molecule has 2 N–H and O–H groups in total. The molecule has 0 bridgehead atoms. The predicted octanol–water partition coefficient (Wildman–Crippen LogP) is 3.34. The van der Waals surface area contributed by atoms with Crippen LogP contribution < -0.4 is 10.6 Å². The zero-order valence-corrected chi connectivity index (χ0v) is 13.1. The van der Waals surface area contributed by atoms with Gasteiger partial charge < -0.3 is 5.32 Å². The predicted molar refractivity (Wildman–Crippen MR) is 88.0 cm³/mol. The Hall–Kier alpha value is -1.91. The zero-order chi connectivity index (χ0) is 15.5. The minimum absolute atomic E-state index is 0.0980. The molecule has 0 spiro atoms. The van der Waals surface area contributed by atoms with Crippen molar-refractivity contribution < 1.29 is 4.79 Å². The summed E-state index contributed by atoms with van der Waals surface area (Å²) in [6.45, 7) is 1.87. The van der Waals surface area contributed by atoms with Gasteiger partial charge in [-0.15, -0.1) is 0 Å². The van der Waals surface area contributed by atoms with Gasteiger partial charge in [-0.1, -0.05) is 35.9 Å². The number of hydrogen-bond acceptors (Lipinski definition) is 3. The normalized spacial score (nSPS) is 17.8. The maximum Gasteiger partial charge on any atom is 0.242 e. The summed E-state index contributed by atoms with van der Waals surface area (Å²) in [6.07, 6.45) is 3.60. The number of nitrogens with one attached hydrogen (secondary N) is 2. The van der Waals surface area contributed by atoms with Crippen LogP contribution in [0.3, 0.4) is 0 Å². The Morgan fingerprint density at radius 1 is 1.32 bits per heavy atom. The van der Waals surface area contributed by atoms with Crippen LogP contribution in [-0.2, 0) is 11.2 Å². The van der Waals surface area contributed by atoms with Gasteiger partial charge in [0.15, 0.2) is 0 Å². The zero-order valence-electron chi connectivity index (χ0n) is 12.3. The van der Waals surface area contributed by atoms with Crippen molar-refractivity contribution in [2.24, 2.45) is 0 Å². The molecule has 1 aliphatic carbocycles. The number of benzene rings is 1. The lowest BCUT2D eigenvalue weighted by molar-refractivity contribution is -0.118. The van der Waals surface area contributed by atoms with E-state index >= 15 is 0 Å². The highest BCUT2D eigenvalue weighted by molar-refractivity contribution is 6.30. The van der Waals surface area contributed by atoms with Crippen LogP contribution in [0.2, 0.25) is 5.02 Å². The Morgan fingerprint density at radius 2 is 2.14 bits per heavy atom. The molecule has 1 amide bonds. The van der Waals surface area contributed by atoms with E-state index in [1.165, 1.54) is 17.3 Å². The maximum absolute atomic E-state index is 12.3. The lowest BCUT2D eigenvalue weighted by Gasteiger charge is -2.19. The monoisotopic (exact) mass is 315 g/mol. The van der Waals surface area contributed by atoms with Gasteiger partial charge in [0.2, 0.25) is 5.91 Å². The first-order valence-corrected chi connectivity index (χ1v) is 7.77. The summed E-state index contributed by atoms with van der Waals surface area (Å²) < 4.78 is 0. The SMILES string of the molecule is C[C@H](N[C@H]1CCc2ccccc21)C(=O)Nc1ccc(Cl)cn1. The van der Waals surface area contributed by atoms with Crippen LogP contribution in [0.1, 0.15) is 30.5 Å². The summed E-state index contributed by atoms with van der Waals surface area (Å²) >= 11 is 5.78. The first kappa shape index (κ1) is 15.0. The van der Waals surface area contributed by atoms with Crippen molar-refractivity contribution in [3.63, 3.8) is 0 Å². The second-order valence-electron chi connectivity index (χ2n) is 5.53. The van der Waals surface area contributed by atoms with Gasteiger partial charge in [-0.2, -0.15) is 0 Å². The van der Waals surface area contributed by atoms with E-state index in [0.29, 0.717) is 10.8 Å². The number of nitrogens with zero attached hydrogens (tertiary/aromatic N) is 1. The molecule has 4 nitrogen and oxygen atoms in total. The van der Waals surface area contributed by atoms with E-state index in [1.807, 2.05) is 13.0 Å². The smallest absolute Gasteiger partial charge is 0.242 e. The van der Waals surface area contributed by atoms with E-state index in [1.54, 1.807) is 12.1 Å². The molecule has 1 heterocycles. The summed E-state index contributed by atoms with van der Waals surface area (Å²) in [6, 6.07) is 11.7. The van der Waals surface area contributed by atoms with E-state index in [0.717, 1.165) is 12.8 Å². The Labute approximate surface area is 134 Å². The fourth-order valence-electron chi connectivity index (χ4n) is 2.79. The highest BCUT2D eigenvalue weighted by Crippen LogP contribution is 2.31. The van der Waals surface area contributed by atoms with E-state index < -0.39 is 0 Å². The van der Waals surface area contributed by atoms with Crippen molar-refractivity contribution in [1.29, 1.82) is 0 Å². The lowest BCUT2D eigenvalue weighted by atomic mass is 10.1. The fraction of sp³-hybridized carbons (Fsp3) is 0.294. The maximum atomic E-state index is 12.3. The molecule has 0 aliphatic heterocycles. The van der Waals surface area contributed by atoms with Crippen molar-refractivity contribution in [3.05, 3.63) is 58.7 Å². The molecular weight excluding hydrogens is 298 g/mol. The van der Waals surface area contributed by atoms with E-state index in [2.05, 4.69) is 33.8 Å². The van der Waals surface area contributed by atoms with Crippen LogP contribution in [0, 0.1) is 0 Å². The van der Waals surface area contributed by atoms with Crippen LogP contribution in [-0.4, -0.2) is 16.9 Å². The van der Waals surface area contributed by atoms with Crippen molar-refractivity contribution in [2.45, 2.75) is 31.8 Å². The van der Waals surface area contributed by atoms with Gasteiger partial charge in [0.25, 0.3) is 0 Å². The number of pyridine rings is 1. The molecule has 0 fully saturated rings. The summed E-state index contributed by atoms with van der Waals surface area (Å²) in [5.74, 6) is 0.411. The van der Waals surface area contributed by atoms with Gasteiger partial charge in [-0.3, -0.25) is 10.1 Å². The molecule has 2 atom stereocenters. The number of rotatable bonds is 4. The van der Waals surface area contributed by atoms with Gasteiger partial charge in [0.05, 0.1) is 11.1 Å². The number of aromatic nitrogens is 1. The minimum atomic E-state index is -0.298. The van der Waals surface area contributed by atoms with Crippen LogP contribution in [0.15, 0.2) is 42.6 Å². The molecule has 0 saturated carbocycles. The van der Waals surface area contributed by atoms with Crippen LogP contribution in [0.4, 0.5) is 5.82 Å². The quantitative estimate of drug-likeness (QED) is 0.910. The van der Waals surface area contributed by atoms with E-state index in [9.17, 15) is 4.79 Å². The number of halogens is 1. The Balaban J connectivity index is 1.61. The average molecular weight is 316 g/mol. The summed E-state index contributed by atoms with van der Waals surface area (Å²) in [7, 11) is 0. The van der Waals surface area contributed by atoms with Crippen molar-refractivity contribution in [1.82, 2.24) is 10.3 Å². The third-order valence-corrected chi connectivity index (χ3v) is 4.18. The van der Waals surface area contributed by atoms with Crippen LogP contribution in [0.25, 0.3) is 0 Å². The average Bonchev–Trinajstić information content (AvgIpc) is 2.93. The van der Waals surface area contributed by atoms with Gasteiger partial charge in [-0.05, 0) is 43.0 Å². The standard InChI is InChI=1S/C17H18ClN3O/c1-11(17(22)21-16-9-7-13(18)10-19-16)20-15-8-6-12-4-2-3-5-14(12)15/h2-5,7,9-11,15,20H,6,8H2,1H3,(H,19,21,22)/t11-,15-/m0/s1. The van der Waals surface area contributed by atoms with Gasteiger partial charge in [0.1, 0.15) is 5.82 Å². The topological polar surface area (TPSA) is 54.0 Å². The Morgan fingerprint density at radius 3 is 2.91 bits per heavy atom. The molecule has 1 aromatic carbocycles. The number of amides is 1. The van der Waals surface area contributed by atoms with E-state index in [4.69, 9.17) is 11.6 Å². The van der Waals surface area contributed by atoms with Crippen LogP contribution in [0.5, 0.6) is 0 Å². The van der Waals surface area contributed by atoms with E-state index in [-0.39, 0.29) is 18.0 Å². The highest BCUT2D eigenvalue weighted by Gasteiger charge is 2.25. The summed E-state index contributed by atoms with van der Waals surface area (Å²) in [4.78, 5) is 16.3. The highest BCUT2D eigenvalue weighted by atomic mass is 35.5. The molecule has 2 aromatic rings. The second-order valence-corrected chi connectivity index (χ2v) is 5.97. The van der Waals surface area contributed by atoms with Crippen LogP contribution >= 0.6 is 11.6 Å². The van der Waals surface area contributed by atoms with Gasteiger partial charge in [0, 0.05) is 12.2 Å². The van der Waals surface area contributed by atoms with Crippen molar-refractivity contribution >= 4 is 23.3 Å². The van der Waals surface area contributed by atoms with Gasteiger partial charge >= 0.3 is 0 Å². The third-order valence-electron chi connectivity index (χ3n) is 3.96. The van der Waals surface area contributed by atoms with Crippen molar-refractivity contribution in [3.8, 4) is 0 Å². The largest absolute Gasteiger partial charge is 0.309 e. The Bertz CT molecular complexity index is 672. The first-order valence-electron chi connectivity index (χ1n) is 7.40. The third kappa shape index (κ3) is 3.29. The first-order chi connectivity index (χ1) is 10.6. The molecule has 0 radical (unpaired) electrons. The molecule has 114 valence electrons.